The number of hydrogen-bond donors (Lipinski definition) is 4. The average molecular weight is 410 g/mol. The van der Waals surface area contributed by atoms with Crippen molar-refractivity contribution in [3.63, 3.8) is 0 Å². The molecule has 0 unspecified atom stereocenters. The van der Waals surface area contributed by atoms with E-state index in [1.54, 1.807) is 0 Å². The first kappa shape index (κ1) is 26.7. The summed E-state index contributed by atoms with van der Waals surface area (Å²) in [5, 5.41) is 12.4. The molecular formula is C10H26ClN5Se2. The molecule has 0 amide bonds. The Kier molecular flexibility index (Phi) is 25.6. The second-order valence-corrected chi connectivity index (χ2v) is 5.18. The fraction of sp³-hybridized carbons (Fsp3) is 0.800. The Morgan fingerprint density at radius 2 is 0.944 bits per heavy atom. The topological polar surface area (TPSA) is 99.7 Å². The van der Waals surface area contributed by atoms with Gasteiger partial charge in [-0.1, -0.05) is 0 Å². The molecule has 0 aliphatic rings. The van der Waals surface area contributed by atoms with E-state index in [0.717, 1.165) is 0 Å². The molecule has 0 heterocycles. The quantitative estimate of drug-likeness (QED) is 0.172. The summed E-state index contributed by atoms with van der Waals surface area (Å²) < 4.78 is 1.36. The molecule has 0 saturated carbocycles. The average Bonchev–Trinajstić information content (AvgIpc) is 2.20. The van der Waals surface area contributed by atoms with Gasteiger partial charge in [-0.2, -0.15) is 0 Å². The number of quaternary nitrogens is 1. The van der Waals surface area contributed by atoms with Crippen molar-refractivity contribution in [1.29, 1.82) is 10.8 Å². The van der Waals surface area contributed by atoms with Gasteiger partial charge < -0.3 is 16.9 Å². The summed E-state index contributed by atoms with van der Waals surface area (Å²) in [7, 11) is 0. The van der Waals surface area contributed by atoms with Gasteiger partial charge in [-0.15, -0.1) is 0 Å². The number of nitrogens with one attached hydrogen (secondary N) is 2. The predicted molar refractivity (Wildman–Crippen MR) is 77.8 cm³/mol. The minimum absolute atomic E-state index is 0. The molecule has 110 valence electrons. The van der Waals surface area contributed by atoms with Crippen molar-refractivity contribution in [2.24, 2.45) is 11.5 Å². The molecule has 8 heteroatoms. The van der Waals surface area contributed by atoms with Crippen LogP contribution in [0, 0.1) is 10.8 Å². The summed E-state index contributed by atoms with van der Waals surface area (Å²) in [5.74, 6) is 0. The predicted octanol–water partition coefficient (Wildman–Crippen LogP) is -3.02. The summed E-state index contributed by atoms with van der Waals surface area (Å²) in [6, 6.07) is 0. The molecule has 0 atom stereocenters. The van der Waals surface area contributed by atoms with Gasteiger partial charge in [-0.3, -0.25) is 0 Å². The molecule has 0 saturated heterocycles. The van der Waals surface area contributed by atoms with Crippen LogP contribution in [0.15, 0.2) is 0 Å². The largest absolute Gasteiger partial charge is 1.00 e. The number of halogens is 1. The molecular weight excluding hydrogens is 384 g/mol. The van der Waals surface area contributed by atoms with E-state index >= 15 is 0 Å². The summed E-state index contributed by atoms with van der Waals surface area (Å²) in [5.41, 5.74) is 9.28. The maximum absolute atomic E-state index is 6.22. The van der Waals surface area contributed by atoms with Crippen LogP contribution in [-0.2, 0) is 0 Å². The molecule has 0 bridgehead atoms. The molecule has 0 spiro atoms. The number of amidine groups is 2. The van der Waals surface area contributed by atoms with Gasteiger partial charge in [0.1, 0.15) is 0 Å². The molecule has 0 aliphatic carbocycles. The number of nitrogens with zero attached hydrogens (tertiary/aromatic N) is 1. The third-order valence-corrected chi connectivity index (χ3v) is 2.68. The molecule has 0 aromatic rings. The van der Waals surface area contributed by atoms with Crippen LogP contribution in [0.25, 0.3) is 0 Å². The zero-order valence-electron chi connectivity index (χ0n) is 11.6. The van der Waals surface area contributed by atoms with Gasteiger partial charge in [0, 0.05) is 0 Å². The van der Waals surface area contributed by atoms with Crippen LogP contribution in [0.5, 0.6) is 0 Å². The van der Waals surface area contributed by atoms with Crippen LogP contribution in [0.3, 0.4) is 0 Å². The van der Waals surface area contributed by atoms with Crippen LogP contribution in [0.1, 0.15) is 27.7 Å². The van der Waals surface area contributed by atoms with Crippen molar-refractivity contribution in [2.75, 3.05) is 26.2 Å². The summed E-state index contributed by atoms with van der Waals surface area (Å²) in [6.45, 7) is 14.2. The first-order chi connectivity index (χ1) is 7.71. The zero-order chi connectivity index (χ0) is 14.5. The maximum atomic E-state index is 6.22. The standard InChI is InChI=1S/C8H20N.2CH3N2Se.ClH/c1-5-9(6-2,7-3)8-4;2*2-1(3)4;/h5-8H2,1-4H3;2*(H3,2,3);1H/q+1;;;/p-1. The van der Waals surface area contributed by atoms with E-state index in [1.807, 2.05) is 0 Å². The second kappa shape index (κ2) is 17.2. The van der Waals surface area contributed by atoms with Gasteiger partial charge in [0.2, 0.25) is 0 Å². The van der Waals surface area contributed by atoms with Crippen molar-refractivity contribution in [3.05, 3.63) is 0 Å². The van der Waals surface area contributed by atoms with Crippen LogP contribution >= 0.6 is 0 Å². The van der Waals surface area contributed by atoms with E-state index in [-0.39, 0.29) is 21.9 Å². The van der Waals surface area contributed by atoms with Crippen molar-refractivity contribution in [2.45, 2.75) is 27.7 Å². The molecule has 0 aromatic carbocycles. The minimum Gasteiger partial charge on any atom is -1.00 e. The van der Waals surface area contributed by atoms with Crippen molar-refractivity contribution in [3.8, 4) is 0 Å². The summed E-state index contributed by atoms with van der Waals surface area (Å²) in [4.78, 5) is 0. The van der Waals surface area contributed by atoms with Gasteiger partial charge in [0.25, 0.3) is 0 Å². The molecule has 18 heavy (non-hydrogen) atoms. The third-order valence-electron chi connectivity index (χ3n) is 2.68. The van der Waals surface area contributed by atoms with E-state index < -0.39 is 0 Å². The maximum Gasteiger partial charge on any atom is -1.00 e. The Morgan fingerprint density at radius 3 is 0.944 bits per heavy atom. The van der Waals surface area contributed by atoms with Crippen LogP contribution < -0.4 is 23.9 Å². The fourth-order valence-corrected chi connectivity index (χ4v) is 1.34. The van der Waals surface area contributed by atoms with Gasteiger partial charge in [-0.05, 0) is 27.7 Å². The normalized spacial score (nSPS) is 8.67. The molecule has 5 nitrogen and oxygen atoms in total. The Hall–Kier alpha value is 0.229. The van der Waals surface area contributed by atoms with Gasteiger partial charge >= 0.3 is 63.8 Å². The first-order valence-electron chi connectivity index (χ1n) is 5.58. The molecule has 0 aliphatic heterocycles. The van der Waals surface area contributed by atoms with Gasteiger partial charge in [0.05, 0.1) is 26.2 Å². The van der Waals surface area contributed by atoms with Crippen molar-refractivity contribution in [1.82, 2.24) is 0 Å². The third kappa shape index (κ3) is 25.2. The number of nitrogens with two attached hydrogens (primary N) is 2. The second-order valence-electron chi connectivity index (χ2n) is 3.34. The molecule has 0 fully saturated rings. The molecule has 0 rings (SSSR count). The monoisotopic (exact) mass is 411 g/mol. The van der Waals surface area contributed by atoms with E-state index in [4.69, 9.17) is 10.8 Å². The van der Waals surface area contributed by atoms with Gasteiger partial charge in [0.15, 0.2) is 0 Å². The van der Waals surface area contributed by atoms with Crippen molar-refractivity contribution < 1.29 is 16.9 Å². The van der Waals surface area contributed by atoms with Crippen LogP contribution in [-0.4, -0.2) is 72.2 Å². The number of rotatable bonds is 4. The van der Waals surface area contributed by atoms with E-state index in [1.165, 1.54) is 30.7 Å². The molecule has 0 aromatic heterocycles. The van der Waals surface area contributed by atoms with Crippen LogP contribution in [0.2, 0.25) is 0 Å². The minimum atomic E-state index is 0. The zero-order valence-corrected chi connectivity index (χ0v) is 15.8. The smallest absolute Gasteiger partial charge is 1.00 e. The Morgan fingerprint density at radius 1 is 0.833 bits per heavy atom. The summed E-state index contributed by atoms with van der Waals surface area (Å²) >= 11 is 4.53. The molecule has 2 radical (unpaired) electrons. The van der Waals surface area contributed by atoms with E-state index in [2.05, 4.69) is 71.2 Å². The number of hydrogen-bond acceptors (Lipinski definition) is 2. The van der Waals surface area contributed by atoms with Gasteiger partial charge in [-0.25, -0.2) is 0 Å². The van der Waals surface area contributed by atoms with Crippen LogP contribution in [0.4, 0.5) is 0 Å². The fourth-order valence-electron chi connectivity index (χ4n) is 1.34. The Balaban J connectivity index is -0.0000000922. The molecule has 6 N–H and O–H groups in total. The Labute approximate surface area is 134 Å². The van der Waals surface area contributed by atoms with E-state index in [0.29, 0.717) is 0 Å². The van der Waals surface area contributed by atoms with Crippen molar-refractivity contribution >= 4 is 41.5 Å². The SMILES string of the molecule is CC[N+](CC)(CC)CC.N=C(N)[Se].N=C(N)[Se].[Cl-]. The summed E-state index contributed by atoms with van der Waals surface area (Å²) in [6.07, 6.45) is 0. The first-order valence-corrected chi connectivity index (χ1v) is 7.29. The Bertz CT molecular complexity index is 173. The van der Waals surface area contributed by atoms with E-state index in [9.17, 15) is 0 Å².